The number of benzene rings is 2. The number of hydrogen-bond donors (Lipinski definition) is 2. The van der Waals surface area contributed by atoms with E-state index >= 15 is 0 Å². The van der Waals surface area contributed by atoms with Gasteiger partial charge in [0.1, 0.15) is 6.04 Å². The number of rotatable bonds is 7. The van der Waals surface area contributed by atoms with Crippen LogP contribution in [0.25, 0.3) is 0 Å². The Kier molecular flexibility index (Phi) is 6.72. The number of nitrogens with one attached hydrogen (secondary N) is 2. The third kappa shape index (κ3) is 4.54. The summed E-state index contributed by atoms with van der Waals surface area (Å²) in [5, 5.41) is 5.10. The first kappa shape index (κ1) is 23.2. The highest BCUT2D eigenvalue weighted by Crippen LogP contribution is 2.28. The van der Waals surface area contributed by atoms with Crippen LogP contribution < -0.4 is 15.5 Å². The van der Waals surface area contributed by atoms with Crippen LogP contribution in [0.3, 0.4) is 0 Å². The molecule has 0 aliphatic carbocycles. The summed E-state index contributed by atoms with van der Waals surface area (Å²) in [6.45, 7) is 2.91. The van der Waals surface area contributed by atoms with Crippen LogP contribution in [0.2, 0.25) is 0 Å². The van der Waals surface area contributed by atoms with E-state index in [2.05, 4.69) is 10.6 Å². The average molecular weight is 463 g/mol. The SMILES string of the molecule is CCN(C(=O)NCCCc1ccc2c(c1)C(=O)N(C1CCC(=O)NC1=O)C2=O)c1ccccc1. The summed E-state index contributed by atoms with van der Waals surface area (Å²) in [5.74, 6) is -2.07. The first-order chi connectivity index (χ1) is 16.4. The van der Waals surface area contributed by atoms with E-state index in [0.717, 1.165) is 16.2 Å². The van der Waals surface area contributed by atoms with Gasteiger partial charge in [-0.3, -0.25) is 34.3 Å². The molecule has 0 radical (unpaired) electrons. The van der Waals surface area contributed by atoms with Crippen LogP contribution in [0.1, 0.15) is 52.5 Å². The van der Waals surface area contributed by atoms with Gasteiger partial charge in [-0.15, -0.1) is 0 Å². The van der Waals surface area contributed by atoms with Crippen molar-refractivity contribution in [2.24, 2.45) is 0 Å². The maximum Gasteiger partial charge on any atom is 0.321 e. The van der Waals surface area contributed by atoms with Gasteiger partial charge in [0.2, 0.25) is 11.8 Å². The first-order valence-corrected chi connectivity index (χ1v) is 11.4. The number of para-hydroxylation sites is 1. The number of nitrogens with zero attached hydrogens (tertiary/aromatic N) is 2. The molecule has 2 aromatic carbocycles. The lowest BCUT2D eigenvalue weighted by Crippen LogP contribution is -2.54. The molecule has 1 atom stereocenters. The number of carbonyl (C=O) groups is 5. The zero-order valence-corrected chi connectivity index (χ0v) is 18.9. The normalized spacial score (nSPS) is 17.4. The smallest absolute Gasteiger partial charge is 0.321 e. The molecular formula is C25H26N4O5. The molecule has 1 saturated heterocycles. The molecule has 2 heterocycles. The minimum atomic E-state index is -0.977. The molecule has 0 bridgehead atoms. The number of urea groups is 1. The number of carbonyl (C=O) groups excluding carboxylic acids is 5. The van der Waals surface area contributed by atoms with Gasteiger partial charge in [-0.25, -0.2) is 4.79 Å². The minimum Gasteiger partial charge on any atom is -0.338 e. The Morgan fingerprint density at radius 1 is 1.06 bits per heavy atom. The van der Waals surface area contributed by atoms with Crippen LogP contribution in [0.15, 0.2) is 48.5 Å². The Morgan fingerprint density at radius 2 is 1.79 bits per heavy atom. The number of anilines is 1. The molecule has 1 fully saturated rings. The average Bonchev–Trinajstić information content (AvgIpc) is 3.07. The van der Waals surface area contributed by atoms with Gasteiger partial charge in [0.15, 0.2) is 0 Å². The van der Waals surface area contributed by atoms with Gasteiger partial charge in [0, 0.05) is 25.2 Å². The van der Waals surface area contributed by atoms with Crippen molar-refractivity contribution in [2.75, 3.05) is 18.0 Å². The predicted octanol–water partition coefficient (Wildman–Crippen LogP) is 2.26. The van der Waals surface area contributed by atoms with Crippen molar-refractivity contribution < 1.29 is 24.0 Å². The Hall–Kier alpha value is -4.01. The van der Waals surface area contributed by atoms with Gasteiger partial charge in [0.25, 0.3) is 11.8 Å². The van der Waals surface area contributed by atoms with Crippen molar-refractivity contribution in [1.29, 1.82) is 0 Å². The fraction of sp³-hybridized carbons (Fsp3) is 0.320. The van der Waals surface area contributed by atoms with Gasteiger partial charge in [-0.05, 0) is 56.0 Å². The minimum absolute atomic E-state index is 0.0838. The second-order valence-electron chi connectivity index (χ2n) is 8.24. The number of imide groups is 2. The first-order valence-electron chi connectivity index (χ1n) is 11.4. The summed E-state index contributed by atoms with van der Waals surface area (Å²) < 4.78 is 0. The highest BCUT2D eigenvalue weighted by Gasteiger charge is 2.44. The van der Waals surface area contributed by atoms with Gasteiger partial charge >= 0.3 is 6.03 Å². The monoisotopic (exact) mass is 462 g/mol. The fourth-order valence-electron chi connectivity index (χ4n) is 4.31. The zero-order chi connectivity index (χ0) is 24.2. The van der Waals surface area contributed by atoms with E-state index < -0.39 is 29.7 Å². The van der Waals surface area contributed by atoms with E-state index in [1.807, 2.05) is 37.3 Å². The largest absolute Gasteiger partial charge is 0.338 e. The lowest BCUT2D eigenvalue weighted by Gasteiger charge is -2.27. The summed E-state index contributed by atoms with van der Waals surface area (Å²) in [6, 6.07) is 13.3. The maximum absolute atomic E-state index is 12.9. The van der Waals surface area contributed by atoms with Crippen molar-refractivity contribution >= 4 is 35.3 Å². The predicted molar refractivity (Wildman–Crippen MR) is 124 cm³/mol. The van der Waals surface area contributed by atoms with E-state index in [9.17, 15) is 24.0 Å². The van der Waals surface area contributed by atoms with Crippen molar-refractivity contribution in [3.63, 3.8) is 0 Å². The molecule has 0 aromatic heterocycles. The fourth-order valence-corrected chi connectivity index (χ4v) is 4.31. The highest BCUT2D eigenvalue weighted by molar-refractivity contribution is 6.23. The van der Waals surface area contributed by atoms with E-state index in [4.69, 9.17) is 0 Å². The van der Waals surface area contributed by atoms with E-state index in [1.165, 1.54) is 0 Å². The third-order valence-corrected chi connectivity index (χ3v) is 6.05. The summed E-state index contributed by atoms with van der Waals surface area (Å²) in [5.41, 5.74) is 2.20. The Balaban J connectivity index is 1.35. The topological polar surface area (TPSA) is 116 Å². The van der Waals surface area contributed by atoms with Crippen molar-refractivity contribution in [3.05, 3.63) is 65.2 Å². The number of fused-ring (bicyclic) bond motifs is 1. The number of piperidine rings is 1. The molecular weight excluding hydrogens is 436 g/mol. The molecule has 1 unspecified atom stereocenters. The second-order valence-corrected chi connectivity index (χ2v) is 8.24. The van der Waals surface area contributed by atoms with Crippen LogP contribution in [0.4, 0.5) is 10.5 Å². The molecule has 176 valence electrons. The standard InChI is InChI=1S/C25H26N4O5/c1-2-28(17-8-4-3-5-9-17)25(34)26-14-6-7-16-10-11-18-19(15-16)24(33)29(23(18)32)20-12-13-21(30)27-22(20)31/h3-5,8-11,15,20H,2,6-7,12-14H2,1H3,(H,26,34)(H,27,30,31). The molecule has 0 saturated carbocycles. The van der Waals surface area contributed by atoms with Gasteiger partial charge in [-0.1, -0.05) is 24.3 Å². The van der Waals surface area contributed by atoms with Gasteiger partial charge < -0.3 is 5.32 Å². The molecule has 2 aromatic rings. The van der Waals surface area contributed by atoms with Crippen molar-refractivity contribution in [2.45, 2.75) is 38.6 Å². The van der Waals surface area contributed by atoms with E-state index in [1.54, 1.807) is 23.1 Å². The van der Waals surface area contributed by atoms with Crippen LogP contribution in [-0.2, 0) is 16.0 Å². The molecule has 9 heteroatoms. The molecule has 0 spiro atoms. The zero-order valence-electron chi connectivity index (χ0n) is 18.9. The van der Waals surface area contributed by atoms with Crippen LogP contribution in [0.5, 0.6) is 0 Å². The molecule has 34 heavy (non-hydrogen) atoms. The number of amides is 6. The van der Waals surface area contributed by atoms with E-state index in [-0.39, 0.29) is 30.0 Å². The summed E-state index contributed by atoms with van der Waals surface area (Å²) in [4.78, 5) is 64.4. The second kappa shape index (κ2) is 9.86. The highest BCUT2D eigenvalue weighted by atomic mass is 16.2. The number of aryl methyl sites for hydroxylation is 1. The third-order valence-electron chi connectivity index (χ3n) is 6.05. The van der Waals surface area contributed by atoms with Crippen molar-refractivity contribution in [1.82, 2.24) is 15.5 Å². The van der Waals surface area contributed by atoms with Gasteiger partial charge in [0.05, 0.1) is 11.1 Å². The molecule has 6 amide bonds. The molecule has 2 N–H and O–H groups in total. The quantitative estimate of drug-likeness (QED) is 0.484. The summed E-state index contributed by atoms with van der Waals surface area (Å²) in [7, 11) is 0. The van der Waals surface area contributed by atoms with Crippen molar-refractivity contribution in [3.8, 4) is 0 Å². The van der Waals surface area contributed by atoms with Crippen LogP contribution >= 0.6 is 0 Å². The van der Waals surface area contributed by atoms with Crippen LogP contribution in [-0.4, -0.2) is 53.7 Å². The molecule has 4 rings (SSSR count). The Morgan fingerprint density at radius 3 is 2.50 bits per heavy atom. The van der Waals surface area contributed by atoms with E-state index in [0.29, 0.717) is 25.9 Å². The molecule has 2 aliphatic heterocycles. The Labute approximate surface area is 197 Å². The molecule has 9 nitrogen and oxygen atoms in total. The summed E-state index contributed by atoms with van der Waals surface area (Å²) >= 11 is 0. The lowest BCUT2D eigenvalue weighted by atomic mass is 10.0. The van der Waals surface area contributed by atoms with Crippen LogP contribution in [0, 0.1) is 0 Å². The summed E-state index contributed by atoms with van der Waals surface area (Å²) in [6.07, 6.45) is 1.46. The Bertz CT molecular complexity index is 1150. The lowest BCUT2D eigenvalue weighted by molar-refractivity contribution is -0.136. The number of hydrogen-bond acceptors (Lipinski definition) is 5. The molecule has 2 aliphatic rings. The van der Waals surface area contributed by atoms with Gasteiger partial charge in [-0.2, -0.15) is 0 Å². The maximum atomic E-state index is 12.9.